The minimum absolute atomic E-state index is 0.00350. The Bertz CT molecular complexity index is 1480. The van der Waals surface area contributed by atoms with Crippen molar-refractivity contribution in [3.05, 3.63) is 82.4 Å². The van der Waals surface area contributed by atoms with Gasteiger partial charge in [-0.05, 0) is 48.9 Å². The number of carbonyl (C=O) groups is 3. The third-order valence-electron chi connectivity index (χ3n) is 6.04. The van der Waals surface area contributed by atoms with Gasteiger partial charge in [0, 0.05) is 5.56 Å². The zero-order chi connectivity index (χ0) is 28.3. The van der Waals surface area contributed by atoms with E-state index < -0.39 is 23.7 Å². The summed E-state index contributed by atoms with van der Waals surface area (Å²) in [6.45, 7) is 5.13. The van der Waals surface area contributed by atoms with E-state index in [0.29, 0.717) is 34.1 Å². The Morgan fingerprint density at radius 2 is 1.77 bits per heavy atom. The number of aliphatic hydroxyl groups is 1. The van der Waals surface area contributed by atoms with Gasteiger partial charge in [0.15, 0.2) is 16.6 Å². The number of benzene rings is 2. The number of Topliss-reactive ketones (excluding diaryl/α,β-unsaturated/α-hetero) is 1. The predicted molar refractivity (Wildman–Crippen MR) is 145 cm³/mol. The van der Waals surface area contributed by atoms with E-state index in [2.05, 4.69) is 11.6 Å². The van der Waals surface area contributed by atoms with Crippen molar-refractivity contribution < 1.29 is 38.4 Å². The first-order valence-electron chi connectivity index (χ1n) is 11.7. The summed E-state index contributed by atoms with van der Waals surface area (Å²) in [6.07, 6.45) is 1.43. The lowest BCUT2D eigenvalue weighted by molar-refractivity contribution is -0.132. The first-order valence-corrected chi connectivity index (χ1v) is 12.5. The zero-order valence-electron chi connectivity index (χ0n) is 21.7. The number of carbonyl (C=O) groups excluding carboxylic acids is 3. The van der Waals surface area contributed by atoms with E-state index in [1.165, 1.54) is 32.3 Å². The summed E-state index contributed by atoms with van der Waals surface area (Å²) in [5.41, 5.74) is 0.932. The van der Waals surface area contributed by atoms with Gasteiger partial charge >= 0.3 is 11.9 Å². The fourth-order valence-electron chi connectivity index (χ4n) is 4.15. The third-order valence-corrected chi connectivity index (χ3v) is 7.18. The molecule has 39 heavy (non-hydrogen) atoms. The van der Waals surface area contributed by atoms with Crippen LogP contribution in [0.15, 0.2) is 60.7 Å². The number of hydrogen-bond donors (Lipinski definition) is 1. The van der Waals surface area contributed by atoms with E-state index in [9.17, 15) is 19.5 Å². The van der Waals surface area contributed by atoms with Gasteiger partial charge in [0.25, 0.3) is 5.78 Å². The molecule has 1 aromatic heterocycles. The highest BCUT2D eigenvalue weighted by molar-refractivity contribution is 7.17. The summed E-state index contributed by atoms with van der Waals surface area (Å²) < 4.78 is 21.1. The molecule has 1 N–H and O–H groups in total. The lowest BCUT2D eigenvalue weighted by atomic mass is 9.95. The number of amides is 1. The molecule has 4 rings (SSSR count). The fourth-order valence-corrected chi connectivity index (χ4v) is 5.13. The number of anilines is 1. The second-order valence-electron chi connectivity index (χ2n) is 8.31. The van der Waals surface area contributed by atoms with Gasteiger partial charge in [-0.15, -0.1) is 0 Å². The topological polar surface area (TPSA) is 124 Å². The second kappa shape index (κ2) is 11.4. The molecule has 0 aliphatic carbocycles. The predicted octanol–water partition coefficient (Wildman–Crippen LogP) is 4.45. The summed E-state index contributed by atoms with van der Waals surface area (Å²) in [6, 6.07) is 10.2. The molecule has 202 valence electrons. The van der Waals surface area contributed by atoms with Crippen LogP contribution in [0.2, 0.25) is 0 Å². The first-order chi connectivity index (χ1) is 18.7. The van der Waals surface area contributed by atoms with Crippen LogP contribution in [0.1, 0.15) is 32.5 Å². The molecule has 11 heteroatoms. The average molecular weight is 551 g/mol. The minimum Gasteiger partial charge on any atom is -0.507 e. The van der Waals surface area contributed by atoms with E-state index >= 15 is 0 Å². The van der Waals surface area contributed by atoms with Crippen LogP contribution in [-0.4, -0.2) is 55.7 Å². The zero-order valence-corrected chi connectivity index (χ0v) is 22.5. The number of aromatic nitrogens is 1. The maximum atomic E-state index is 13.5. The first kappa shape index (κ1) is 27.4. The lowest BCUT2D eigenvalue weighted by Gasteiger charge is -2.23. The van der Waals surface area contributed by atoms with Gasteiger partial charge in [0.1, 0.15) is 23.0 Å². The number of thiazole rings is 1. The van der Waals surface area contributed by atoms with Crippen molar-refractivity contribution in [3.63, 3.8) is 0 Å². The quantitative estimate of drug-likeness (QED) is 0.135. The molecule has 1 aliphatic heterocycles. The van der Waals surface area contributed by atoms with Gasteiger partial charge < -0.3 is 24.1 Å². The Hall–Kier alpha value is -4.64. The summed E-state index contributed by atoms with van der Waals surface area (Å²) in [5.74, 6) is -1.49. The Labute approximate surface area is 228 Å². The number of nitrogens with zero attached hydrogens (tertiary/aromatic N) is 2. The summed E-state index contributed by atoms with van der Waals surface area (Å²) in [5, 5.41) is 11.4. The molecule has 2 aromatic carbocycles. The van der Waals surface area contributed by atoms with Crippen LogP contribution < -0.4 is 19.1 Å². The SMILES string of the molecule is C=CCOC(=O)c1sc(N2C(=O)C(=O)/C(=C(\O)c3ccc(OC)cc3)C2c2ccc(OC)c(OC)c2)nc1C. The molecule has 0 saturated carbocycles. The van der Waals surface area contributed by atoms with E-state index in [4.69, 9.17) is 18.9 Å². The van der Waals surface area contributed by atoms with E-state index in [1.807, 2.05) is 0 Å². The Morgan fingerprint density at radius 1 is 1.08 bits per heavy atom. The van der Waals surface area contributed by atoms with Crippen molar-refractivity contribution in [2.45, 2.75) is 13.0 Å². The maximum absolute atomic E-state index is 13.5. The van der Waals surface area contributed by atoms with Crippen LogP contribution >= 0.6 is 11.3 Å². The van der Waals surface area contributed by atoms with Crippen molar-refractivity contribution in [1.82, 2.24) is 4.98 Å². The van der Waals surface area contributed by atoms with Crippen molar-refractivity contribution in [2.75, 3.05) is 32.8 Å². The van der Waals surface area contributed by atoms with Crippen LogP contribution in [0.3, 0.4) is 0 Å². The Balaban J connectivity index is 1.91. The maximum Gasteiger partial charge on any atom is 0.350 e. The summed E-state index contributed by atoms with van der Waals surface area (Å²) >= 11 is 0.908. The van der Waals surface area contributed by atoms with Crippen LogP contribution in [0.5, 0.6) is 17.2 Å². The number of aryl methyl sites for hydroxylation is 1. The summed E-state index contributed by atoms with van der Waals surface area (Å²) in [4.78, 5) is 45.2. The number of esters is 1. The van der Waals surface area contributed by atoms with Gasteiger partial charge in [-0.25, -0.2) is 9.78 Å². The molecule has 3 aromatic rings. The van der Waals surface area contributed by atoms with Gasteiger partial charge in [0.2, 0.25) is 0 Å². The molecule has 1 amide bonds. The normalized spacial score (nSPS) is 16.2. The molecule has 0 spiro atoms. The third kappa shape index (κ3) is 5.08. The fraction of sp³-hybridized carbons (Fsp3) is 0.214. The number of hydrogen-bond acceptors (Lipinski definition) is 10. The Morgan fingerprint density at radius 3 is 2.38 bits per heavy atom. The molecule has 0 radical (unpaired) electrons. The van der Waals surface area contributed by atoms with E-state index in [-0.39, 0.29) is 27.9 Å². The van der Waals surface area contributed by atoms with E-state index in [0.717, 1.165) is 11.3 Å². The highest BCUT2D eigenvalue weighted by Gasteiger charge is 2.48. The van der Waals surface area contributed by atoms with Crippen LogP contribution in [0, 0.1) is 6.92 Å². The largest absolute Gasteiger partial charge is 0.507 e. The summed E-state index contributed by atoms with van der Waals surface area (Å²) in [7, 11) is 4.45. The van der Waals surface area contributed by atoms with Crippen molar-refractivity contribution in [3.8, 4) is 17.2 Å². The lowest BCUT2D eigenvalue weighted by Crippen LogP contribution is -2.29. The molecule has 10 nitrogen and oxygen atoms in total. The van der Waals surface area contributed by atoms with Gasteiger partial charge in [-0.3, -0.25) is 14.5 Å². The Kier molecular flexibility index (Phi) is 8.01. The van der Waals surface area contributed by atoms with E-state index in [1.54, 1.807) is 49.4 Å². The molecular weight excluding hydrogens is 524 g/mol. The minimum atomic E-state index is -1.09. The number of methoxy groups -OCH3 is 3. The molecule has 1 fully saturated rings. The number of rotatable bonds is 9. The highest BCUT2D eigenvalue weighted by Crippen LogP contribution is 2.45. The molecule has 1 saturated heterocycles. The standard InChI is InChI=1S/C28H26N2O8S/c1-6-13-38-27(34)25-15(2)29-28(39-25)30-22(17-9-12-19(36-4)20(14-17)37-5)21(24(32)26(30)33)23(31)16-7-10-18(35-3)11-8-16/h6-12,14,22,31H,1,13H2,2-5H3/b23-21-. The van der Waals surface area contributed by atoms with Gasteiger partial charge in [0.05, 0.1) is 38.6 Å². The van der Waals surface area contributed by atoms with Gasteiger partial charge in [-0.1, -0.05) is 30.1 Å². The molecule has 1 aliphatic rings. The van der Waals surface area contributed by atoms with Crippen LogP contribution in [0.4, 0.5) is 5.13 Å². The number of aliphatic hydroxyl groups excluding tert-OH is 1. The van der Waals surface area contributed by atoms with Crippen molar-refractivity contribution in [1.29, 1.82) is 0 Å². The van der Waals surface area contributed by atoms with Gasteiger partial charge in [-0.2, -0.15) is 0 Å². The highest BCUT2D eigenvalue weighted by atomic mass is 32.1. The molecular formula is C28H26N2O8S. The van der Waals surface area contributed by atoms with Crippen LogP contribution in [-0.2, 0) is 14.3 Å². The molecule has 0 bridgehead atoms. The molecule has 1 unspecified atom stereocenters. The van der Waals surface area contributed by atoms with Crippen LogP contribution in [0.25, 0.3) is 5.76 Å². The number of ether oxygens (including phenoxy) is 4. The van der Waals surface area contributed by atoms with Crippen molar-refractivity contribution >= 4 is 39.9 Å². The number of ketones is 1. The monoisotopic (exact) mass is 550 g/mol. The molecule has 2 heterocycles. The second-order valence-corrected chi connectivity index (χ2v) is 9.29. The van der Waals surface area contributed by atoms with Crippen molar-refractivity contribution in [2.24, 2.45) is 0 Å². The molecule has 1 atom stereocenters. The smallest absolute Gasteiger partial charge is 0.350 e. The average Bonchev–Trinajstić information content (AvgIpc) is 3.47.